The largest absolute Gasteiger partial charge is 0.480 e. The molecule has 0 aromatic heterocycles. The quantitative estimate of drug-likeness (QED) is 0.511. The van der Waals surface area contributed by atoms with E-state index in [9.17, 15) is 19.5 Å². The van der Waals surface area contributed by atoms with Gasteiger partial charge in [0.2, 0.25) is 5.91 Å². The Bertz CT molecular complexity index is 962. The maximum Gasteiger partial charge on any atom is 0.407 e. The molecule has 33 heavy (non-hydrogen) atoms. The number of nitrogens with one attached hydrogen (secondary N) is 2. The van der Waals surface area contributed by atoms with Gasteiger partial charge in [0, 0.05) is 5.92 Å². The number of nitrogens with zero attached hydrogens (tertiary/aromatic N) is 1. The number of carbonyl (C=O) groups is 3. The summed E-state index contributed by atoms with van der Waals surface area (Å²) in [6.45, 7) is 2.34. The number of carbonyl (C=O) groups excluding carboxylic acids is 2. The summed E-state index contributed by atoms with van der Waals surface area (Å²) < 4.78 is 5.55. The molecule has 0 fully saturated rings. The highest BCUT2D eigenvalue weighted by molar-refractivity contribution is 5.89. The number of alkyl carbamates (subject to hydrolysis) is 1. The molecule has 8 heteroatoms. The van der Waals surface area contributed by atoms with Crippen LogP contribution in [0.15, 0.2) is 48.5 Å². The van der Waals surface area contributed by atoms with Crippen LogP contribution < -0.4 is 10.6 Å². The number of amides is 2. The fourth-order valence-electron chi connectivity index (χ4n) is 4.05. The van der Waals surface area contributed by atoms with Gasteiger partial charge in [0.25, 0.3) is 0 Å². The summed E-state index contributed by atoms with van der Waals surface area (Å²) in [7, 11) is 3.71. The molecule has 1 aliphatic rings. The molecule has 0 saturated heterocycles. The van der Waals surface area contributed by atoms with Crippen LogP contribution in [-0.2, 0) is 14.3 Å². The van der Waals surface area contributed by atoms with Crippen molar-refractivity contribution in [2.45, 2.75) is 37.8 Å². The monoisotopic (exact) mass is 453 g/mol. The number of fused-ring (bicyclic) bond motifs is 3. The number of hydrogen-bond acceptors (Lipinski definition) is 5. The van der Waals surface area contributed by atoms with Crippen molar-refractivity contribution < 1.29 is 24.2 Å². The lowest BCUT2D eigenvalue weighted by atomic mass is 9.98. The minimum absolute atomic E-state index is 0.0892. The lowest BCUT2D eigenvalue weighted by molar-refractivity contribution is -0.142. The second kappa shape index (κ2) is 11.0. The molecule has 0 bridgehead atoms. The molecular weight excluding hydrogens is 422 g/mol. The Morgan fingerprint density at radius 2 is 1.55 bits per heavy atom. The van der Waals surface area contributed by atoms with E-state index in [4.69, 9.17) is 4.74 Å². The summed E-state index contributed by atoms with van der Waals surface area (Å²) >= 11 is 0. The van der Waals surface area contributed by atoms with Crippen molar-refractivity contribution in [2.75, 3.05) is 27.2 Å². The molecule has 2 aromatic carbocycles. The summed E-state index contributed by atoms with van der Waals surface area (Å²) in [6.07, 6.45) is -0.148. The lowest BCUT2D eigenvalue weighted by Gasteiger charge is -2.22. The van der Waals surface area contributed by atoms with Gasteiger partial charge in [-0.2, -0.15) is 0 Å². The summed E-state index contributed by atoms with van der Waals surface area (Å²) in [4.78, 5) is 38.5. The van der Waals surface area contributed by atoms with E-state index in [-0.39, 0.29) is 18.9 Å². The third-order valence-electron chi connectivity index (χ3n) is 5.84. The zero-order valence-electron chi connectivity index (χ0n) is 19.2. The summed E-state index contributed by atoms with van der Waals surface area (Å²) in [5.41, 5.74) is 4.45. The lowest BCUT2D eigenvalue weighted by Crippen LogP contribution is -2.52. The predicted octanol–water partition coefficient (Wildman–Crippen LogP) is 2.82. The maximum atomic E-state index is 12.7. The highest BCUT2D eigenvalue weighted by atomic mass is 16.5. The van der Waals surface area contributed by atoms with Crippen LogP contribution in [0.2, 0.25) is 0 Å². The second-order valence-corrected chi connectivity index (χ2v) is 8.42. The molecule has 3 N–H and O–H groups in total. The van der Waals surface area contributed by atoms with E-state index in [1.165, 1.54) is 0 Å². The number of carboxylic acids is 1. The van der Waals surface area contributed by atoms with Crippen LogP contribution in [0.4, 0.5) is 4.79 Å². The molecule has 0 heterocycles. The van der Waals surface area contributed by atoms with E-state index in [0.29, 0.717) is 13.0 Å². The normalized spacial score (nSPS) is 14.2. The average molecular weight is 454 g/mol. The van der Waals surface area contributed by atoms with Crippen molar-refractivity contribution in [3.05, 3.63) is 59.7 Å². The fraction of sp³-hybridized carbons (Fsp3) is 0.400. The summed E-state index contributed by atoms with van der Waals surface area (Å²) in [5, 5.41) is 14.3. The van der Waals surface area contributed by atoms with E-state index < -0.39 is 30.1 Å². The SMILES string of the molecule is CC[C@H](NC(=O)C(CCN(C)C)NC(=O)OCC1c2ccccc2-c2ccccc21)C(=O)O. The van der Waals surface area contributed by atoms with Crippen LogP contribution in [-0.4, -0.2) is 67.3 Å². The first-order valence-corrected chi connectivity index (χ1v) is 11.1. The first-order valence-electron chi connectivity index (χ1n) is 11.1. The molecule has 1 unspecified atom stereocenters. The highest BCUT2D eigenvalue weighted by Crippen LogP contribution is 2.44. The van der Waals surface area contributed by atoms with Gasteiger partial charge >= 0.3 is 12.1 Å². The van der Waals surface area contributed by atoms with Gasteiger partial charge < -0.3 is 25.4 Å². The molecule has 0 radical (unpaired) electrons. The molecule has 2 atom stereocenters. The molecule has 2 aromatic rings. The van der Waals surface area contributed by atoms with E-state index in [1.807, 2.05) is 55.4 Å². The third-order valence-corrected chi connectivity index (χ3v) is 5.84. The van der Waals surface area contributed by atoms with E-state index >= 15 is 0 Å². The van der Waals surface area contributed by atoms with Crippen molar-refractivity contribution in [2.24, 2.45) is 0 Å². The fourth-order valence-corrected chi connectivity index (χ4v) is 4.05. The molecule has 1 aliphatic carbocycles. The topological polar surface area (TPSA) is 108 Å². The second-order valence-electron chi connectivity index (χ2n) is 8.42. The third kappa shape index (κ3) is 5.90. The van der Waals surface area contributed by atoms with Gasteiger partial charge in [-0.25, -0.2) is 9.59 Å². The van der Waals surface area contributed by atoms with E-state index in [2.05, 4.69) is 22.8 Å². The predicted molar refractivity (Wildman–Crippen MR) is 125 cm³/mol. The van der Waals surface area contributed by atoms with Crippen LogP contribution >= 0.6 is 0 Å². The van der Waals surface area contributed by atoms with Crippen LogP contribution in [0.25, 0.3) is 11.1 Å². The zero-order chi connectivity index (χ0) is 24.0. The van der Waals surface area contributed by atoms with Gasteiger partial charge in [0.1, 0.15) is 18.7 Å². The van der Waals surface area contributed by atoms with E-state index in [1.54, 1.807) is 6.92 Å². The molecule has 8 nitrogen and oxygen atoms in total. The first kappa shape index (κ1) is 24.3. The van der Waals surface area contributed by atoms with Crippen molar-refractivity contribution in [1.29, 1.82) is 0 Å². The van der Waals surface area contributed by atoms with Gasteiger partial charge in [-0.05, 0) is 55.7 Å². The molecule has 0 saturated carbocycles. The Kier molecular flexibility index (Phi) is 8.06. The van der Waals surface area contributed by atoms with Crippen molar-refractivity contribution in [3.63, 3.8) is 0 Å². The Hall–Kier alpha value is -3.39. The average Bonchev–Trinajstić information content (AvgIpc) is 3.12. The first-order chi connectivity index (χ1) is 15.8. The Morgan fingerprint density at radius 1 is 0.970 bits per heavy atom. The zero-order valence-corrected chi connectivity index (χ0v) is 19.2. The Balaban J connectivity index is 1.66. The van der Waals surface area contributed by atoms with Crippen LogP contribution in [0.3, 0.4) is 0 Å². The molecule has 176 valence electrons. The Morgan fingerprint density at radius 3 is 2.06 bits per heavy atom. The van der Waals surface area contributed by atoms with Crippen LogP contribution in [0.5, 0.6) is 0 Å². The molecule has 3 rings (SSSR count). The number of hydrogen-bond donors (Lipinski definition) is 3. The number of rotatable bonds is 10. The summed E-state index contributed by atoms with van der Waals surface area (Å²) in [6, 6.07) is 14.2. The molecule has 0 aliphatic heterocycles. The van der Waals surface area contributed by atoms with Gasteiger partial charge in [0.05, 0.1) is 0 Å². The van der Waals surface area contributed by atoms with E-state index in [0.717, 1.165) is 22.3 Å². The Labute approximate surface area is 193 Å². The van der Waals surface area contributed by atoms with Gasteiger partial charge in [-0.1, -0.05) is 55.5 Å². The molecule has 2 amide bonds. The highest BCUT2D eigenvalue weighted by Gasteiger charge is 2.30. The summed E-state index contributed by atoms with van der Waals surface area (Å²) in [5.74, 6) is -1.74. The van der Waals surface area contributed by atoms with Crippen molar-refractivity contribution in [1.82, 2.24) is 15.5 Å². The smallest absolute Gasteiger partial charge is 0.407 e. The van der Waals surface area contributed by atoms with Crippen LogP contribution in [0.1, 0.15) is 36.8 Å². The number of benzene rings is 2. The minimum atomic E-state index is -1.11. The van der Waals surface area contributed by atoms with Crippen molar-refractivity contribution >= 4 is 18.0 Å². The number of aliphatic carboxylic acids is 1. The van der Waals surface area contributed by atoms with Crippen molar-refractivity contribution in [3.8, 4) is 11.1 Å². The molecular formula is C25H31N3O5. The van der Waals surface area contributed by atoms with Crippen LogP contribution in [0, 0.1) is 0 Å². The molecule has 0 spiro atoms. The maximum absolute atomic E-state index is 12.7. The standard InChI is InChI=1S/C25H31N3O5/c1-4-21(24(30)31)26-23(29)22(13-14-28(2)3)27-25(32)33-15-20-18-11-7-5-9-16(18)17-10-6-8-12-19(17)20/h5-12,20-22H,4,13-15H2,1-3H3,(H,26,29)(H,27,32)(H,30,31)/t21-,22?/m0/s1. The van der Waals surface area contributed by atoms with Gasteiger partial charge in [-0.3, -0.25) is 4.79 Å². The number of ether oxygens (including phenoxy) is 1. The minimum Gasteiger partial charge on any atom is -0.480 e. The number of carboxylic acid groups (broad SMARTS) is 1. The van der Waals surface area contributed by atoms with Gasteiger partial charge in [-0.15, -0.1) is 0 Å². The van der Waals surface area contributed by atoms with Gasteiger partial charge in [0.15, 0.2) is 0 Å².